The number of halogens is 2. The first kappa shape index (κ1) is 30.2. The van der Waals surface area contributed by atoms with Gasteiger partial charge in [0.15, 0.2) is 0 Å². The van der Waals surface area contributed by atoms with Gasteiger partial charge in [-0.15, -0.1) is 0 Å². The van der Waals surface area contributed by atoms with E-state index in [1.165, 1.54) is 12.8 Å². The van der Waals surface area contributed by atoms with E-state index >= 15 is 0 Å². The van der Waals surface area contributed by atoms with Crippen molar-refractivity contribution in [2.45, 2.75) is 38.6 Å². The number of rotatable bonds is 10. The zero-order valence-corrected chi connectivity index (χ0v) is 26.1. The van der Waals surface area contributed by atoms with Crippen molar-refractivity contribution >= 4 is 40.7 Å². The molecule has 3 aromatic carbocycles. The maximum Gasteiger partial charge on any atom is 0.253 e. The van der Waals surface area contributed by atoms with Crippen molar-refractivity contribution in [1.82, 2.24) is 9.80 Å². The predicted octanol–water partition coefficient (Wildman–Crippen LogP) is 6.42. The number of carbonyl (C=O) groups is 2. The Labute approximate surface area is 257 Å². The van der Waals surface area contributed by atoms with Crippen LogP contribution in [0.5, 0.6) is 11.5 Å². The number of nitrogens with zero attached hydrogens (tertiary/aromatic N) is 3. The summed E-state index contributed by atoms with van der Waals surface area (Å²) in [5.74, 6) is 1.04. The van der Waals surface area contributed by atoms with E-state index in [-0.39, 0.29) is 18.4 Å². The Bertz CT molecular complexity index is 1490. The highest BCUT2D eigenvalue weighted by Gasteiger charge is 2.50. The van der Waals surface area contributed by atoms with Gasteiger partial charge >= 0.3 is 0 Å². The van der Waals surface area contributed by atoms with Gasteiger partial charge in [-0.25, -0.2) is 0 Å². The van der Waals surface area contributed by atoms with E-state index in [4.69, 9.17) is 32.7 Å². The Hall–Kier alpha value is -3.26. The van der Waals surface area contributed by atoms with Crippen LogP contribution in [-0.2, 0) is 16.8 Å². The molecule has 3 aromatic rings. The summed E-state index contributed by atoms with van der Waals surface area (Å²) >= 11 is 13.3. The Morgan fingerprint density at radius 1 is 0.976 bits per heavy atom. The number of hydrogen-bond donors (Lipinski definition) is 0. The summed E-state index contributed by atoms with van der Waals surface area (Å²) < 4.78 is 11.0. The molecule has 0 spiro atoms. The second kappa shape index (κ2) is 12.5. The van der Waals surface area contributed by atoms with E-state index < -0.39 is 5.41 Å². The van der Waals surface area contributed by atoms with Gasteiger partial charge in [0.2, 0.25) is 5.91 Å². The van der Waals surface area contributed by atoms with Gasteiger partial charge in [0.05, 0.1) is 20.8 Å². The molecule has 2 amide bonds. The number of fused-ring (bicyclic) bond motifs is 1. The monoisotopic (exact) mass is 609 g/mol. The maximum absolute atomic E-state index is 14.5. The summed E-state index contributed by atoms with van der Waals surface area (Å²) in [5.41, 5.74) is 2.20. The standard InChI is InChI=1S/C33H37Cl2N3O4/c1-5-37(17-16-36-14-6-7-15-36)31(39)22-9-12-28(35)26(18-22)33(2)27-19-24(34)10-13-29(27)38(32(33)40)21-23-8-11-25(41-3)20-30(23)42-4/h8-13,18-20H,5-7,14-17,21H2,1-4H3. The van der Waals surface area contributed by atoms with E-state index in [1.54, 1.807) is 49.5 Å². The number of carbonyl (C=O) groups excluding carboxylic acids is 2. The summed E-state index contributed by atoms with van der Waals surface area (Å²) in [6.45, 7) is 8.38. The van der Waals surface area contributed by atoms with E-state index in [9.17, 15) is 9.59 Å². The molecule has 2 aliphatic heterocycles. The van der Waals surface area contributed by atoms with Gasteiger partial charge in [0.1, 0.15) is 16.9 Å². The number of hydrogen-bond acceptors (Lipinski definition) is 5. The van der Waals surface area contributed by atoms with Crippen LogP contribution in [0.4, 0.5) is 5.69 Å². The SMILES string of the molecule is CCN(CCN1CCCC1)C(=O)c1ccc(Cl)c(C2(C)C(=O)N(Cc3ccc(OC)cc3OC)c3ccc(Cl)cc32)c1. The van der Waals surface area contributed by atoms with Crippen LogP contribution in [0.1, 0.15) is 53.7 Å². The summed E-state index contributed by atoms with van der Waals surface area (Å²) in [4.78, 5) is 34.1. The highest BCUT2D eigenvalue weighted by atomic mass is 35.5. The third kappa shape index (κ3) is 5.58. The van der Waals surface area contributed by atoms with Crippen molar-refractivity contribution < 1.29 is 19.1 Å². The van der Waals surface area contributed by atoms with Gasteiger partial charge in [-0.1, -0.05) is 23.2 Å². The minimum absolute atomic E-state index is 0.0743. The molecule has 1 saturated heterocycles. The third-order valence-electron chi connectivity index (χ3n) is 8.59. The lowest BCUT2D eigenvalue weighted by Crippen LogP contribution is -2.40. The van der Waals surface area contributed by atoms with Crippen LogP contribution in [0.2, 0.25) is 10.0 Å². The molecule has 222 valence electrons. The Balaban J connectivity index is 1.51. The lowest BCUT2D eigenvalue weighted by molar-refractivity contribution is -0.121. The Morgan fingerprint density at radius 2 is 1.74 bits per heavy atom. The lowest BCUT2D eigenvalue weighted by atomic mass is 9.76. The fraction of sp³-hybridized carbons (Fsp3) is 0.394. The highest BCUT2D eigenvalue weighted by molar-refractivity contribution is 6.33. The summed E-state index contributed by atoms with van der Waals surface area (Å²) in [6.07, 6.45) is 2.42. The summed E-state index contributed by atoms with van der Waals surface area (Å²) in [5, 5.41) is 0.927. The first-order chi connectivity index (χ1) is 20.2. The molecule has 0 bridgehead atoms. The first-order valence-corrected chi connectivity index (χ1v) is 15.1. The topological polar surface area (TPSA) is 62.3 Å². The lowest BCUT2D eigenvalue weighted by Gasteiger charge is -2.28. The quantitative estimate of drug-likeness (QED) is 0.265. The molecule has 7 nitrogen and oxygen atoms in total. The van der Waals surface area contributed by atoms with Crippen molar-refractivity contribution in [3.63, 3.8) is 0 Å². The number of anilines is 1. The molecule has 0 saturated carbocycles. The van der Waals surface area contributed by atoms with Crippen molar-refractivity contribution in [3.05, 3.63) is 86.9 Å². The molecule has 5 rings (SSSR count). The predicted molar refractivity (Wildman–Crippen MR) is 167 cm³/mol. The van der Waals surface area contributed by atoms with Crippen molar-refractivity contribution in [2.75, 3.05) is 51.8 Å². The van der Waals surface area contributed by atoms with Gasteiger partial charge in [-0.2, -0.15) is 0 Å². The summed E-state index contributed by atoms with van der Waals surface area (Å²) in [6, 6.07) is 16.2. The van der Waals surface area contributed by atoms with Crippen LogP contribution in [0.25, 0.3) is 0 Å². The van der Waals surface area contributed by atoms with Gasteiger partial charge in [-0.05, 0) is 99.4 Å². The average Bonchev–Trinajstić information content (AvgIpc) is 3.59. The number of benzene rings is 3. The molecule has 2 aliphatic rings. The molecule has 2 heterocycles. The normalized spacial score (nSPS) is 18.3. The zero-order chi connectivity index (χ0) is 30.0. The Kier molecular flexibility index (Phi) is 9.02. The van der Waals surface area contributed by atoms with E-state index in [1.807, 2.05) is 43.0 Å². The number of amides is 2. The molecule has 42 heavy (non-hydrogen) atoms. The summed E-state index contributed by atoms with van der Waals surface area (Å²) in [7, 11) is 3.19. The molecule has 1 atom stereocenters. The van der Waals surface area contributed by atoms with Crippen molar-refractivity contribution in [3.8, 4) is 11.5 Å². The van der Waals surface area contributed by atoms with Gasteiger partial charge in [0, 0.05) is 52.6 Å². The number of likely N-dealkylation sites (tertiary alicyclic amines) is 1. The molecule has 0 radical (unpaired) electrons. The highest BCUT2D eigenvalue weighted by Crippen LogP contribution is 2.49. The Morgan fingerprint density at radius 3 is 2.43 bits per heavy atom. The maximum atomic E-state index is 14.5. The van der Waals surface area contributed by atoms with Crippen molar-refractivity contribution in [1.29, 1.82) is 0 Å². The molecule has 1 fully saturated rings. The molecular formula is C33H37Cl2N3O4. The zero-order valence-electron chi connectivity index (χ0n) is 24.6. The third-order valence-corrected chi connectivity index (χ3v) is 9.15. The van der Waals surface area contributed by atoms with Crippen LogP contribution in [0.3, 0.4) is 0 Å². The molecule has 0 aromatic heterocycles. The largest absolute Gasteiger partial charge is 0.497 e. The molecular weight excluding hydrogens is 573 g/mol. The fourth-order valence-electron chi connectivity index (χ4n) is 6.10. The van der Waals surface area contributed by atoms with Crippen LogP contribution >= 0.6 is 23.2 Å². The number of ether oxygens (including phenoxy) is 2. The van der Waals surface area contributed by atoms with Crippen LogP contribution in [-0.4, -0.2) is 68.6 Å². The van der Waals surface area contributed by atoms with Crippen molar-refractivity contribution in [2.24, 2.45) is 0 Å². The minimum atomic E-state index is -1.17. The van der Waals surface area contributed by atoms with Gasteiger partial charge in [0.25, 0.3) is 5.91 Å². The number of methoxy groups -OCH3 is 2. The molecule has 0 N–H and O–H groups in total. The minimum Gasteiger partial charge on any atom is -0.497 e. The second-order valence-electron chi connectivity index (χ2n) is 11.0. The first-order valence-electron chi connectivity index (χ1n) is 14.4. The average molecular weight is 611 g/mol. The molecule has 1 unspecified atom stereocenters. The van der Waals surface area contributed by atoms with E-state index in [0.29, 0.717) is 45.8 Å². The van der Waals surface area contributed by atoms with E-state index in [2.05, 4.69) is 4.90 Å². The molecule has 0 aliphatic carbocycles. The van der Waals surface area contributed by atoms with Crippen LogP contribution in [0, 0.1) is 0 Å². The molecule has 9 heteroatoms. The van der Waals surface area contributed by atoms with Gasteiger partial charge < -0.3 is 24.2 Å². The van der Waals surface area contributed by atoms with Gasteiger partial charge in [-0.3, -0.25) is 9.59 Å². The fourth-order valence-corrected chi connectivity index (χ4v) is 6.58. The smallest absolute Gasteiger partial charge is 0.253 e. The number of likely N-dealkylation sites (N-methyl/N-ethyl adjacent to an activating group) is 1. The second-order valence-corrected chi connectivity index (χ2v) is 11.8. The van der Waals surface area contributed by atoms with E-state index in [0.717, 1.165) is 36.4 Å². The van der Waals surface area contributed by atoms with Crippen LogP contribution < -0.4 is 14.4 Å². The van der Waals surface area contributed by atoms with Crippen LogP contribution in [0.15, 0.2) is 54.6 Å².